The minimum Gasteiger partial charge on any atom is -0.497 e. The van der Waals surface area contributed by atoms with Crippen LogP contribution in [-0.2, 0) is 19.6 Å². The van der Waals surface area contributed by atoms with Gasteiger partial charge in [-0.05, 0) is 43.3 Å². The third kappa shape index (κ3) is 5.80. The predicted molar refractivity (Wildman–Crippen MR) is 102 cm³/mol. The molecule has 1 atom stereocenters. The van der Waals surface area contributed by atoms with Gasteiger partial charge in [0.25, 0.3) is 0 Å². The second kappa shape index (κ2) is 8.65. The van der Waals surface area contributed by atoms with Gasteiger partial charge in [0, 0.05) is 24.4 Å². The van der Waals surface area contributed by atoms with Gasteiger partial charge < -0.3 is 15.4 Å². The number of benzene rings is 2. The normalized spacial score (nSPS) is 12.1. The lowest BCUT2D eigenvalue weighted by molar-refractivity contribution is -0.117. The first-order valence-corrected chi connectivity index (χ1v) is 9.54. The maximum Gasteiger partial charge on any atom is 0.242 e. The Kier molecular flexibility index (Phi) is 6.54. The van der Waals surface area contributed by atoms with E-state index in [0.717, 1.165) is 0 Å². The van der Waals surface area contributed by atoms with Crippen LogP contribution in [0.4, 0.5) is 11.4 Å². The summed E-state index contributed by atoms with van der Waals surface area (Å²) >= 11 is 0. The topological polar surface area (TPSA) is 114 Å². The molecule has 2 aromatic rings. The van der Waals surface area contributed by atoms with E-state index in [1.807, 2.05) is 0 Å². The summed E-state index contributed by atoms with van der Waals surface area (Å²) in [5.41, 5.74) is 0.968. The average Bonchev–Trinajstić information content (AvgIpc) is 2.61. The smallest absolute Gasteiger partial charge is 0.242 e. The molecule has 0 radical (unpaired) electrons. The van der Waals surface area contributed by atoms with E-state index >= 15 is 0 Å². The van der Waals surface area contributed by atoms with Gasteiger partial charge in [0.15, 0.2) is 0 Å². The minimum absolute atomic E-state index is 0.0161. The average molecular weight is 391 g/mol. The van der Waals surface area contributed by atoms with Crippen molar-refractivity contribution in [3.63, 3.8) is 0 Å². The number of carbonyl (C=O) groups excluding carboxylic acids is 2. The highest BCUT2D eigenvalue weighted by molar-refractivity contribution is 7.89. The van der Waals surface area contributed by atoms with Crippen molar-refractivity contribution in [2.24, 2.45) is 0 Å². The van der Waals surface area contributed by atoms with Crippen LogP contribution in [0, 0.1) is 0 Å². The minimum atomic E-state index is -3.90. The first kappa shape index (κ1) is 20.4. The number of amides is 2. The number of carbonyl (C=O) groups is 2. The van der Waals surface area contributed by atoms with E-state index in [1.54, 1.807) is 24.3 Å². The zero-order valence-electron chi connectivity index (χ0n) is 15.1. The van der Waals surface area contributed by atoms with Gasteiger partial charge in [-0.2, -0.15) is 4.72 Å². The SMILES string of the molecule is COc1cccc(NC(=O)[C@H](C)NS(=O)(=O)c2ccc(NC(C)=O)cc2)c1. The third-order valence-corrected chi connectivity index (χ3v) is 5.10. The Morgan fingerprint density at radius 2 is 1.67 bits per heavy atom. The van der Waals surface area contributed by atoms with Gasteiger partial charge in [0.05, 0.1) is 18.0 Å². The molecule has 9 heteroatoms. The van der Waals surface area contributed by atoms with Crippen LogP contribution >= 0.6 is 0 Å². The fraction of sp³-hybridized carbons (Fsp3) is 0.222. The van der Waals surface area contributed by atoms with Crippen LogP contribution in [0.1, 0.15) is 13.8 Å². The quantitative estimate of drug-likeness (QED) is 0.668. The summed E-state index contributed by atoms with van der Waals surface area (Å²) < 4.78 is 32.3. The number of hydrogen-bond donors (Lipinski definition) is 3. The molecule has 0 heterocycles. The molecule has 2 rings (SSSR count). The maximum absolute atomic E-state index is 12.4. The van der Waals surface area contributed by atoms with E-state index in [-0.39, 0.29) is 10.8 Å². The van der Waals surface area contributed by atoms with E-state index in [0.29, 0.717) is 17.1 Å². The summed E-state index contributed by atoms with van der Waals surface area (Å²) in [4.78, 5) is 23.3. The second-order valence-electron chi connectivity index (χ2n) is 5.77. The van der Waals surface area contributed by atoms with Crippen LogP contribution in [0.15, 0.2) is 53.4 Å². The van der Waals surface area contributed by atoms with Gasteiger partial charge in [-0.15, -0.1) is 0 Å². The first-order chi connectivity index (χ1) is 12.7. The monoisotopic (exact) mass is 391 g/mol. The molecule has 0 aliphatic rings. The van der Waals surface area contributed by atoms with Gasteiger partial charge in [-0.25, -0.2) is 8.42 Å². The van der Waals surface area contributed by atoms with Crippen molar-refractivity contribution in [2.75, 3.05) is 17.7 Å². The summed E-state index contributed by atoms with van der Waals surface area (Å²) in [5, 5.41) is 5.18. The highest BCUT2D eigenvalue weighted by atomic mass is 32.2. The molecular formula is C18H21N3O5S. The van der Waals surface area contributed by atoms with Crippen molar-refractivity contribution in [1.29, 1.82) is 0 Å². The Hall–Kier alpha value is -2.91. The Balaban J connectivity index is 2.05. The van der Waals surface area contributed by atoms with E-state index in [1.165, 1.54) is 45.2 Å². The van der Waals surface area contributed by atoms with Gasteiger partial charge in [0.2, 0.25) is 21.8 Å². The highest BCUT2D eigenvalue weighted by Gasteiger charge is 2.22. The van der Waals surface area contributed by atoms with Crippen molar-refractivity contribution < 1.29 is 22.7 Å². The molecule has 0 fully saturated rings. The van der Waals surface area contributed by atoms with Gasteiger partial charge >= 0.3 is 0 Å². The number of anilines is 2. The summed E-state index contributed by atoms with van der Waals surface area (Å²) in [5.74, 6) is -0.200. The molecule has 3 N–H and O–H groups in total. The van der Waals surface area contributed by atoms with Crippen LogP contribution in [0.2, 0.25) is 0 Å². The summed E-state index contributed by atoms with van der Waals surface area (Å²) in [6, 6.07) is 11.4. The Morgan fingerprint density at radius 3 is 2.26 bits per heavy atom. The van der Waals surface area contributed by atoms with Crippen LogP contribution in [-0.4, -0.2) is 33.4 Å². The molecule has 2 amide bonds. The number of sulfonamides is 1. The lowest BCUT2D eigenvalue weighted by Gasteiger charge is -2.15. The number of methoxy groups -OCH3 is 1. The van der Waals surface area contributed by atoms with E-state index in [4.69, 9.17) is 4.74 Å². The molecule has 0 saturated heterocycles. The fourth-order valence-electron chi connectivity index (χ4n) is 2.23. The number of ether oxygens (including phenoxy) is 1. The molecule has 0 saturated carbocycles. The lowest BCUT2D eigenvalue weighted by Crippen LogP contribution is -2.41. The van der Waals surface area contributed by atoms with Crippen molar-refractivity contribution >= 4 is 33.2 Å². The number of hydrogen-bond acceptors (Lipinski definition) is 5. The molecular weight excluding hydrogens is 370 g/mol. The highest BCUT2D eigenvalue weighted by Crippen LogP contribution is 2.17. The van der Waals surface area contributed by atoms with E-state index in [2.05, 4.69) is 15.4 Å². The van der Waals surface area contributed by atoms with E-state index < -0.39 is 22.0 Å². The molecule has 27 heavy (non-hydrogen) atoms. The van der Waals surface area contributed by atoms with Crippen LogP contribution < -0.4 is 20.1 Å². The predicted octanol–water partition coefficient (Wildman–Crippen LogP) is 1.96. The lowest BCUT2D eigenvalue weighted by atomic mass is 10.2. The Bertz CT molecular complexity index is 926. The third-order valence-electron chi connectivity index (χ3n) is 3.55. The van der Waals surface area contributed by atoms with Gasteiger partial charge in [0.1, 0.15) is 5.75 Å². The summed E-state index contributed by atoms with van der Waals surface area (Å²) in [6.45, 7) is 2.80. The van der Waals surface area contributed by atoms with Crippen molar-refractivity contribution in [2.45, 2.75) is 24.8 Å². The fourth-order valence-corrected chi connectivity index (χ4v) is 3.43. The number of nitrogens with one attached hydrogen (secondary N) is 3. The molecule has 8 nitrogen and oxygen atoms in total. The van der Waals surface area contributed by atoms with Gasteiger partial charge in [-0.3, -0.25) is 9.59 Å². The largest absolute Gasteiger partial charge is 0.497 e. The molecule has 0 aliphatic carbocycles. The van der Waals surface area contributed by atoms with Crippen LogP contribution in [0.3, 0.4) is 0 Å². The molecule has 0 aliphatic heterocycles. The van der Waals surface area contributed by atoms with Gasteiger partial charge in [-0.1, -0.05) is 6.07 Å². The summed E-state index contributed by atoms with van der Waals surface area (Å²) in [6.07, 6.45) is 0. The zero-order chi connectivity index (χ0) is 20.0. The van der Waals surface area contributed by atoms with Crippen LogP contribution in [0.25, 0.3) is 0 Å². The number of rotatable bonds is 7. The Morgan fingerprint density at radius 1 is 1.00 bits per heavy atom. The van der Waals surface area contributed by atoms with Crippen molar-refractivity contribution in [1.82, 2.24) is 4.72 Å². The first-order valence-electron chi connectivity index (χ1n) is 8.06. The molecule has 144 valence electrons. The van der Waals surface area contributed by atoms with Crippen molar-refractivity contribution in [3.05, 3.63) is 48.5 Å². The maximum atomic E-state index is 12.4. The Labute approximate surface area is 158 Å². The molecule has 0 aromatic heterocycles. The molecule has 2 aromatic carbocycles. The second-order valence-corrected chi connectivity index (χ2v) is 7.48. The van der Waals surface area contributed by atoms with Crippen LogP contribution in [0.5, 0.6) is 5.75 Å². The molecule has 0 unspecified atom stereocenters. The van der Waals surface area contributed by atoms with Crippen molar-refractivity contribution in [3.8, 4) is 5.75 Å². The zero-order valence-corrected chi connectivity index (χ0v) is 16.0. The summed E-state index contributed by atoms with van der Waals surface area (Å²) in [7, 11) is -2.39. The standard InChI is InChI=1S/C18H21N3O5S/c1-12(18(23)20-15-5-4-6-16(11-15)26-3)21-27(24,25)17-9-7-14(8-10-17)19-13(2)22/h4-12,21H,1-3H3,(H,19,22)(H,20,23)/t12-/m0/s1. The van der Waals surface area contributed by atoms with E-state index in [9.17, 15) is 18.0 Å². The molecule has 0 bridgehead atoms. The molecule has 0 spiro atoms.